The van der Waals surface area contributed by atoms with Crippen LogP contribution in [0.4, 0.5) is 0 Å². The van der Waals surface area contributed by atoms with Gasteiger partial charge in [-0.1, -0.05) is 31.1 Å². The Labute approximate surface area is 398 Å². The van der Waals surface area contributed by atoms with Crippen LogP contribution < -0.4 is 16.0 Å². The number of aliphatic hydroxyl groups is 1. The highest BCUT2D eigenvalue weighted by atomic mass is 16.6. The maximum absolute atomic E-state index is 14.0. The molecule has 0 aromatic heterocycles. The number of fused-ring (bicyclic) bond motifs is 28. The average molecular weight is 940 g/mol. The summed E-state index contributed by atoms with van der Waals surface area (Å²) in [4.78, 5) is 101. The molecule has 0 spiro atoms. The lowest BCUT2D eigenvalue weighted by Crippen LogP contribution is -2.60. The van der Waals surface area contributed by atoms with Crippen LogP contribution in [0.15, 0.2) is 10.3 Å². The van der Waals surface area contributed by atoms with Crippen molar-refractivity contribution in [3.8, 4) is 0 Å². The highest BCUT2D eigenvalue weighted by Gasteiger charge is 2.65. The van der Waals surface area contributed by atoms with E-state index in [9.17, 15) is 33.9 Å². The van der Waals surface area contributed by atoms with Crippen LogP contribution in [0.25, 0.3) is 0 Å². The van der Waals surface area contributed by atoms with Crippen LogP contribution in [0.1, 0.15) is 120 Å². The Morgan fingerprint density at radius 3 is 1.66 bits per heavy atom. The second-order valence-electron chi connectivity index (χ2n) is 21.7. The summed E-state index contributed by atoms with van der Waals surface area (Å²) < 4.78 is 0. The summed E-state index contributed by atoms with van der Waals surface area (Å²) in [7, 11) is 0. The van der Waals surface area contributed by atoms with E-state index in [1.54, 1.807) is 4.90 Å². The maximum atomic E-state index is 14.0. The van der Waals surface area contributed by atoms with Crippen molar-refractivity contribution in [2.75, 3.05) is 72.1 Å². The van der Waals surface area contributed by atoms with E-state index in [1.165, 1.54) is 9.80 Å². The smallest absolute Gasteiger partial charge is 0.264 e. The van der Waals surface area contributed by atoms with Gasteiger partial charge in [-0.25, -0.2) is 0 Å². The highest BCUT2D eigenvalue weighted by molar-refractivity contribution is 5.97. The molecule has 6 amide bonds. The van der Waals surface area contributed by atoms with Crippen molar-refractivity contribution < 1.29 is 43.5 Å². The molecule has 8 bridgehead atoms. The van der Waals surface area contributed by atoms with Crippen LogP contribution in [0.3, 0.4) is 0 Å². The van der Waals surface area contributed by atoms with Gasteiger partial charge in [0, 0.05) is 75.1 Å². The number of amides is 6. The lowest BCUT2D eigenvalue weighted by atomic mass is 9.43. The third-order valence-electron chi connectivity index (χ3n) is 16.7. The van der Waals surface area contributed by atoms with Gasteiger partial charge in [0.1, 0.15) is 0 Å². The Balaban J connectivity index is 1.45. The van der Waals surface area contributed by atoms with Gasteiger partial charge in [0.15, 0.2) is 13.2 Å². The Morgan fingerprint density at radius 2 is 1.13 bits per heavy atom. The van der Waals surface area contributed by atoms with Crippen LogP contribution >= 0.6 is 0 Å². The molecule has 0 saturated heterocycles. The summed E-state index contributed by atoms with van der Waals surface area (Å²) in [5, 5.41) is 29.7. The maximum Gasteiger partial charge on any atom is 0.264 e. The number of carbonyl (C=O) groups is 6. The Kier molecular flexibility index (Phi) is 17.4. The van der Waals surface area contributed by atoms with Crippen molar-refractivity contribution in [3.05, 3.63) is 0 Å². The molecule has 4 saturated carbocycles. The molecule has 18 nitrogen and oxygen atoms in total. The number of carbonyl (C=O) groups excluding carboxylic acids is 6. The third kappa shape index (κ3) is 11.9. The van der Waals surface area contributed by atoms with Gasteiger partial charge >= 0.3 is 0 Å². The summed E-state index contributed by atoms with van der Waals surface area (Å²) in [6.45, 7) is 18.8. The average Bonchev–Trinajstić information content (AvgIpc) is 3.62. The first-order chi connectivity index (χ1) is 31.7. The molecule has 7 rings (SSSR count). The fourth-order valence-corrected chi connectivity index (χ4v) is 12.8. The first-order valence-electron chi connectivity index (χ1n) is 25.2. The molecule has 376 valence electrons. The molecule has 67 heavy (non-hydrogen) atoms. The standard InChI is InChI=1S/C49H81N9O9/c1-30(2)56-25-41(60)50-16-19-55-20-17-51-42(61)26-57(31(3)4)45(64)28-66-53-39-23-34-22-35(59)14-15-48(34,8)38-24-40(54-67-29-46(65)58(32(5)6)27-43(62)52-18-21-55)49(9)36(11-12-37(49)47(38)39)33(7)10-13-44(56)63/h30-38,47,59H,10-29H2,1-9H3,(H,50,60)(H,51,61)(H,52,62)/b53-39?,54-40+/t33-,34+,35-,36-,37+,38+,47+,48+,49-/m1/s1. The minimum atomic E-state index is -0.537. The minimum absolute atomic E-state index is 0.0331. The topological polar surface area (TPSA) is 215 Å². The molecule has 7 aliphatic rings. The molecule has 1 unspecified atom stereocenters. The van der Waals surface area contributed by atoms with Gasteiger partial charge in [0.05, 0.1) is 37.2 Å². The van der Waals surface area contributed by atoms with Gasteiger partial charge in [0.2, 0.25) is 23.6 Å². The van der Waals surface area contributed by atoms with Crippen LogP contribution in [-0.4, -0.2) is 168 Å². The predicted octanol–water partition coefficient (Wildman–Crippen LogP) is 2.78. The molecular weight excluding hydrogens is 859 g/mol. The third-order valence-corrected chi connectivity index (χ3v) is 16.7. The number of nitrogens with one attached hydrogen (secondary N) is 3. The molecular formula is C49H81N9O9. The van der Waals surface area contributed by atoms with Gasteiger partial charge in [-0.15, -0.1) is 0 Å². The fraction of sp³-hybridized carbons (Fsp3) is 0.837. The molecule has 18 heteroatoms. The molecule has 4 aliphatic carbocycles. The lowest BCUT2D eigenvalue weighted by Gasteiger charge is -2.61. The Bertz CT molecular complexity index is 1880. The molecule has 0 aromatic rings. The first-order valence-corrected chi connectivity index (χ1v) is 25.2. The van der Waals surface area contributed by atoms with Gasteiger partial charge in [0.25, 0.3) is 11.8 Å². The van der Waals surface area contributed by atoms with E-state index < -0.39 is 11.5 Å². The van der Waals surface area contributed by atoms with Crippen LogP contribution in [-0.2, 0) is 38.4 Å². The minimum Gasteiger partial charge on any atom is -0.393 e. The zero-order valence-electron chi connectivity index (χ0n) is 41.8. The number of rotatable bonds is 3. The second-order valence-corrected chi connectivity index (χ2v) is 21.7. The number of hydrogen-bond donors (Lipinski definition) is 4. The normalized spacial score (nSPS) is 36.0. The number of hydrogen-bond acceptors (Lipinski definition) is 12. The fourth-order valence-electron chi connectivity index (χ4n) is 12.8. The zero-order chi connectivity index (χ0) is 48.8. The van der Waals surface area contributed by atoms with Gasteiger partial charge in [-0.2, -0.15) is 0 Å². The molecule has 0 radical (unpaired) electrons. The van der Waals surface area contributed by atoms with Gasteiger partial charge < -0.3 is 45.4 Å². The van der Waals surface area contributed by atoms with Crippen molar-refractivity contribution in [1.29, 1.82) is 0 Å². The monoisotopic (exact) mass is 940 g/mol. The molecule has 0 aromatic carbocycles. The van der Waals surface area contributed by atoms with Crippen molar-refractivity contribution in [1.82, 2.24) is 35.6 Å². The molecule has 4 N–H and O–H groups in total. The Morgan fingerprint density at radius 1 is 0.642 bits per heavy atom. The number of nitrogens with zero attached hydrogens (tertiary/aromatic N) is 6. The number of oxime groups is 2. The van der Waals surface area contributed by atoms with E-state index in [4.69, 9.17) is 20.0 Å². The predicted molar refractivity (Wildman–Crippen MR) is 253 cm³/mol. The van der Waals surface area contributed by atoms with Crippen molar-refractivity contribution in [2.45, 2.75) is 144 Å². The summed E-state index contributed by atoms with van der Waals surface area (Å²) in [6, 6.07) is -0.783. The SMILES string of the molecule is CC(C)N1CC(=O)NCCN2CCNC(=O)CN(C(C)C)C(=O)CON=C3C[C@@H]4C[C@H](O)CC[C@]4(C)[C@H]4C/C(=N\OCC(=O)N(C(C)C)CC(=O)NCC2)[C@]2(C)[C@H](CC[C@H]2[C@H]34)[C@H](C)CCC1=O. The molecule has 10 atom stereocenters. The second kappa shape index (κ2) is 22.4. The number of aliphatic hydroxyl groups excluding tert-OH is 1. The van der Waals surface area contributed by atoms with Crippen LogP contribution in [0, 0.1) is 46.3 Å². The lowest BCUT2D eigenvalue weighted by molar-refractivity contribution is -0.141. The quantitative estimate of drug-likeness (QED) is 0.304. The molecule has 3 heterocycles. The highest BCUT2D eigenvalue weighted by Crippen LogP contribution is 2.67. The summed E-state index contributed by atoms with van der Waals surface area (Å²) in [5.74, 6) is -1.46. The molecule has 3 aliphatic heterocycles. The van der Waals surface area contributed by atoms with E-state index in [2.05, 4.69) is 36.7 Å². The van der Waals surface area contributed by atoms with Gasteiger partial charge in [-0.05, 0) is 128 Å². The summed E-state index contributed by atoms with van der Waals surface area (Å²) >= 11 is 0. The van der Waals surface area contributed by atoms with E-state index in [0.29, 0.717) is 51.7 Å². The molecule has 4 fully saturated rings. The zero-order valence-corrected chi connectivity index (χ0v) is 41.8. The van der Waals surface area contributed by atoms with E-state index in [0.717, 1.165) is 30.7 Å². The van der Waals surface area contributed by atoms with Crippen molar-refractivity contribution in [2.24, 2.45) is 56.6 Å². The largest absolute Gasteiger partial charge is 0.393 e. The van der Waals surface area contributed by atoms with Crippen molar-refractivity contribution in [3.63, 3.8) is 0 Å². The Hall–Kier alpha value is -4.32. The van der Waals surface area contributed by atoms with E-state index >= 15 is 0 Å². The van der Waals surface area contributed by atoms with Crippen LogP contribution in [0.5, 0.6) is 0 Å². The summed E-state index contributed by atoms with van der Waals surface area (Å²) in [5.41, 5.74) is 1.03. The van der Waals surface area contributed by atoms with Crippen LogP contribution in [0.2, 0.25) is 0 Å². The van der Waals surface area contributed by atoms with E-state index in [-0.39, 0.29) is 153 Å². The summed E-state index contributed by atoms with van der Waals surface area (Å²) in [6.07, 6.45) is 5.45. The first kappa shape index (κ1) is 52.1. The van der Waals surface area contributed by atoms with Gasteiger partial charge in [-0.3, -0.25) is 33.7 Å². The van der Waals surface area contributed by atoms with Crippen molar-refractivity contribution >= 4 is 46.9 Å². The van der Waals surface area contributed by atoms with E-state index in [1.807, 2.05) is 46.4 Å².